The lowest BCUT2D eigenvalue weighted by molar-refractivity contribution is 0.0950. The van der Waals surface area contributed by atoms with E-state index in [1.54, 1.807) is 19.2 Å². The fraction of sp³-hybridized carbons (Fsp3) is 0.188. The molecule has 0 saturated carbocycles. The van der Waals surface area contributed by atoms with Gasteiger partial charge in [0.15, 0.2) is 0 Å². The van der Waals surface area contributed by atoms with Crippen LogP contribution in [0.3, 0.4) is 0 Å². The SMILES string of the molecule is COc1ccccc1CNC(=O)c1cc(Br)cc(N)c1C. The summed E-state index contributed by atoms with van der Waals surface area (Å²) >= 11 is 3.35. The summed E-state index contributed by atoms with van der Waals surface area (Å²) in [5.41, 5.74) is 8.74. The maximum Gasteiger partial charge on any atom is 0.251 e. The molecule has 2 rings (SSSR count). The number of nitrogens with one attached hydrogen (secondary N) is 1. The summed E-state index contributed by atoms with van der Waals surface area (Å²) in [4.78, 5) is 12.3. The third-order valence-electron chi connectivity index (χ3n) is 3.29. The molecule has 1 amide bonds. The van der Waals surface area contributed by atoms with Crippen molar-refractivity contribution in [3.63, 3.8) is 0 Å². The minimum Gasteiger partial charge on any atom is -0.496 e. The van der Waals surface area contributed by atoms with Gasteiger partial charge in [-0.2, -0.15) is 0 Å². The molecule has 4 nitrogen and oxygen atoms in total. The Balaban J connectivity index is 2.16. The van der Waals surface area contributed by atoms with Gasteiger partial charge in [-0.05, 0) is 30.7 Å². The third-order valence-corrected chi connectivity index (χ3v) is 3.75. The average Bonchev–Trinajstić information content (AvgIpc) is 2.48. The molecule has 0 aliphatic rings. The van der Waals surface area contributed by atoms with Gasteiger partial charge in [0.05, 0.1) is 7.11 Å². The molecular weight excluding hydrogens is 332 g/mol. The van der Waals surface area contributed by atoms with Crippen molar-refractivity contribution in [1.29, 1.82) is 0 Å². The Morgan fingerprint density at radius 1 is 1.33 bits per heavy atom. The molecule has 5 heteroatoms. The number of methoxy groups -OCH3 is 1. The van der Waals surface area contributed by atoms with Crippen molar-refractivity contribution >= 4 is 27.5 Å². The van der Waals surface area contributed by atoms with Crippen LogP contribution in [-0.2, 0) is 6.54 Å². The maximum absolute atomic E-state index is 12.3. The molecule has 110 valence electrons. The van der Waals surface area contributed by atoms with Crippen LogP contribution in [0, 0.1) is 6.92 Å². The molecule has 0 atom stereocenters. The Bertz CT molecular complexity index is 671. The highest BCUT2D eigenvalue weighted by Crippen LogP contribution is 2.23. The fourth-order valence-electron chi connectivity index (χ4n) is 2.06. The van der Waals surface area contributed by atoms with Crippen LogP contribution in [0.2, 0.25) is 0 Å². The molecule has 0 aliphatic carbocycles. The predicted octanol–water partition coefficient (Wildman–Crippen LogP) is 3.28. The van der Waals surface area contributed by atoms with Crippen LogP contribution in [0.1, 0.15) is 21.5 Å². The van der Waals surface area contributed by atoms with Gasteiger partial charge in [0, 0.05) is 27.8 Å². The van der Waals surface area contributed by atoms with Gasteiger partial charge in [0.2, 0.25) is 0 Å². The molecule has 0 spiro atoms. The van der Waals surface area contributed by atoms with E-state index in [2.05, 4.69) is 21.2 Å². The molecule has 0 unspecified atom stereocenters. The molecule has 0 heterocycles. The number of rotatable bonds is 4. The van der Waals surface area contributed by atoms with Gasteiger partial charge in [0.25, 0.3) is 5.91 Å². The Morgan fingerprint density at radius 2 is 2.05 bits per heavy atom. The van der Waals surface area contributed by atoms with Crippen LogP contribution >= 0.6 is 15.9 Å². The van der Waals surface area contributed by atoms with Crippen LogP contribution < -0.4 is 15.8 Å². The van der Waals surface area contributed by atoms with E-state index in [0.29, 0.717) is 17.8 Å². The number of hydrogen-bond donors (Lipinski definition) is 2. The van der Waals surface area contributed by atoms with Crippen LogP contribution in [0.15, 0.2) is 40.9 Å². The molecule has 0 bridgehead atoms. The minimum absolute atomic E-state index is 0.161. The van der Waals surface area contributed by atoms with Crippen molar-refractivity contribution < 1.29 is 9.53 Å². The van der Waals surface area contributed by atoms with Gasteiger partial charge < -0.3 is 15.8 Å². The number of anilines is 1. The van der Waals surface area contributed by atoms with Crippen molar-refractivity contribution in [2.75, 3.05) is 12.8 Å². The summed E-state index contributed by atoms with van der Waals surface area (Å²) in [5.74, 6) is 0.592. The second-order valence-corrected chi connectivity index (χ2v) is 5.58. The number of para-hydroxylation sites is 1. The summed E-state index contributed by atoms with van der Waals surface area (Å²) in [7, 11) is 1.61. The molecule has 0 aromatic heterocycles. The molecule has 0 saturated heterocycles. The molecule has 0 fully saturated rings. The predicted molar refractivity (Wildman–Crippen MR) is 87.5 cm³/mol. The van der Waals surface area contributed by atoms with E-state index >= 15 is 0 Å². The molecule has 3 N–H and O–H groups in total. The van der Waals surface area contributed by atoms with Crippen LogP contribution in [-0.4, -0.2) is 13.0 Å². The number of carbonyl (C=O) groups excluding carboxylic acids is 1. The van der Waals surface area contributed by atoms with Crippen molar-refractivity contribution in [2.45, 2.75) is 13.5 Å². The Hall–Kier alpha value is -2.01. The average molecular weight is 349 g/mol. The minimum atomic E-state index is -0.161. The van der Waals surface area contributed by atoms with Gasteiger partial charge in [0.1, 0.15) is 5.75 Å². The van der Waals surface area contributed by atoms with E-state index in [0.717, 1.165) is 21.3 Å². The number of amides is 1. The number of ether oxygens (including phenoxy) is 1. The monoisotopic (exact) mass is 348 g/mol. The smallest absolute Gasteiger partial charge is 0.251 e. The second-order valence-electron chi connectivity index (χ2n) is 4.66. The summed E-state index contributed by atoms with van der Waals surface area (Å²) < 4.78 is 6.05. The summed E-state index contributed by atoms with van der Waals surface area (Å²) in [5, 5.41) is 2.89. The Kier molecular flexibility index (Phi) is 4.85. The van der Waals surface area contributed by atoms with Crippen molar-refractivity contribution in [1.82, 2.24) is 5.32 Å². The first-order valence-corrected chi connectivity index (χ1v) is 7.28. The van der Waals surface area contributed by atoms with Gasteiger partial charge in [-0.1, -0.05) is 34.1 Å². The van der Waals surface area contributed by atoms with Gasteiger partial charge in [-0.3, -0.25) is 4.79 Å². The van der Waals surface area contributed by atoms with Crippen LogP contribution in [0.4, 0.5) is 5.69 Å². The number of hydrogen-bond acceptors (Lipinski definition) is 3. The summed E-state index contributed by atoms with van der Waals surface area (Å²) in [6.45, 7) is 2.23. The lowest BCUT2D eigenvalue weighted by Crippen LogP contribution is -2.24. The number of halogens is 1. The summed E-state index contributed by atoms with van der Waals surface area (Å²) in [6.07, 6.45) is 0. The van der Waals surface area contributed by atoms with Crippen molar-refractivity contribution in [3.05, 3.63) is 57.6 Å². The Morgan fingerprint density at radius 3 is 2.76 bits per heavy atom. The van der Waals surface area contributed by atoms with E-state index in [4.69, 9.17) is 10.5 Å². The van der Waals surface area contributed by atoms with Gasteiger partial charge in [-0.15, -0.1) is 0 Å². The van der Waals surface area contributed by atoms with E-state index in [1.165, 1.54) is 0 Å². The zero-order chi connectivity index (χ0) is 15.4. The fourth-order valence-corrected chi connectivity index (χ4v) is 2.53. The van der Waals surface area contributed by atoms with E-state index in [1.807, 2.05) is 31.2 Å². The lowest BCUT2D eigenvalue weighted by Gasteiger charge is -2.12. The zero-order valence-corrected chi connectivity index (χ0v) is 13.5. The van der Waals surface area contributed by atoms with E-state index < -0.39 is 0 Å². The first-order valence-electron chi connectivity index (χ1n) is 6.48. The van der Waals surface area contributed by atoms with Gasteiger partial charge in [-0.25, -0.2) is 0 Å². The highest BCUT2D eigenvalue weighted by Gasteiger charge is 2.12. The molecule has 2 aromatic rings. The van der Waals surface area contributed by atoms with E-state index in [9.17, 15) is 4.79 Å². The molecular formula is C16H17BrN2O2. The molecule has 0 radical (unpaired) electrons. The number of nitrogens with two attached hydrogens (primary N) is 1. The standard InChI is InChI=1S/C16H17BrN2O2/c1-10-13(7-12(17)8-14(10)18)16(20)19-9-11-5-3-4-6-15(11)21-2/h3-8H,9,18H2,1-2H3,(H,19,20). The second kappa shape index (κ2) is 6.63. The van der Waals surface area contributed by atoms with Crippen LogP contribution in [0.5, 0.6) is 5.75 Å². The lowest BCUT2D eigenvalue weighted by atomic mass is 10.1. The first-order chi connectivity index (χ1) is 10.0. The maximum atomic E-state index is 12.3. The van der Waals surface area contributed by atoms with E-state index in [-0.39, 0.29) is 5.91 Å². The zero-order valence-electron chi connectivity index (χ0n) is 11.9. The first kappa shape index (κ1) is 15.4. The largest absolute Gasteiger partial charge is 0.496 e. The number of carbonyl (C=O) groups is 1. The molecule has 21 heavy (non-hydrogen) atoms. The number of benzene rings is 2. The normalized spacial score (nSPS) is 10.2. The summed E-state index contributed by atoms with van der Waals surface area (Å²) in [6, 6.07) is 11.1. The highest BCUT2D eigenvalue weighted by molar-refractivity contribution is 9.10. The number of nitrogen functional groups attached to an aromatic ring is 1. The third kappa shape index (κ3) is 3.55. The quantitative estimate of drug-likeness (QED) is 0.833. The van der Waals surface area contributed by atoms with Crippen molar-refractivity contribution in [3.8, 4) is 5.75 Å². The topological polar surface area (TPSA) is 64.3 Å². The van der Waals surface area contributed by atoms with Crippen LogP contribution in [0.25, 0.3) is 0 Å². The van der Waals surface area contributed by atoms with Crippen molar-refractivity contribution in [2.24, 2.45) is 0 Å². The van der Waals surface area contributed by atoms with Gasteiger partial charge >= 0.3 is 0 Å². The Labute approximate surface area is 132 Å². The molecule has 0 aliphatic heterocycles. The molecule has 2 aromatic carbocycles. The highest BCUT2D eigenvalue weighted by atomic mass is 79.9.